The molecule has 0 saturated heterocycles. The van der Waals surface area contributed by atoms with Crippen molar-refractivity contribution in [3.05, 3.63) is 29.8 Å². The number of rotatable bonds is 1. The van der Waals surface area contributed by atoms with Gasteiger partial charge in [0.05, 0.1) is 5.41 Å². The van der Waals surface area contributed by atoms with E-state index >= 15 is 0 Å². The van der Waals surface area contributed by atoms with Crippen molar-refractivity contribution in [2.45, 2.75) is 39.0 Å². The molecular formula is C16H21NO. The van der Waals surface area contributed by atoms with Gasteiger partial charge in [-0.3, -0.25) is 4.79 Å². The van der Waals surface area contributed by atoms with Crippen LogP contribution in [-0.2, 0) is 10.2 Å². The molecular weight excluding hydrogens is 222 g/mol. The van der Waals surface area contributed by atoms with Gasteiger partial charge in [0.25, 0.3) is 0 Å². The molecule has 1 aliphatic heterocycles. The summed E-state index contributed by atoms with van der Waals surface area (Å²) in [5, 5.41) is 0. The van der Waals surface area contributed by atoms with Crippen LogP contribution in [0, 0.1) is 11.8 Å². The highest BCUT2D eigenvalue weighted by atomic mass is 16.2. The summed E-state index contributed by atoms with van der Waals surface area (Å²) in [6, 6.07) is 8.38. The number of fused-ring (bicyclic) bond motifs is 2. The first-order valence-electron chi connectivity index (χ1n) is 7.05. The van der Waals surface area contributed by atoms with Crippen LogP contribution >= 0.6 is 0 Å². The van der Waals surface area contributed by atoms with Crippen molar-refractivity contribution in [3.63, 3.8) is 0 Å². The van der Waals surface area contributed by atoms with Crippen LogP contribution in [0.2, 0.25) is 0 Å². The molecule has 0 bridgehead atoms. The van der Waals surface area contributed by atoms with Gasteiger partial charge in [-0.2, -0.15) is 0 Å². The van der Waals surface area contributed by atoms with Crippen LogP contribution in [0.5, 0.6) is 0 Å². The Kier molecular flexibility index (Phi) is 2.51. The van der Waals surface area contributed by atoms with Gasteiger partial charge in [-0.15, -0.1) is 0 Å². The zero-order valence-electron chi connectivity index (χ0n) is 11.4. The van der Waals surface area contributed by atoms with Gasteiger partial charge in [-0.25, -0.2) is 0 Å². The van der Waals surface area contributed by atoms with E-state index in [-0.39, 0.29) is 5.41 Å². The van der Waals surface area contributed by atoms with Crippen molar-refractivity contribution in [2.75, 3.05) is 11.4 Å². The predicted octanol–water partition coefficient (Wildman–Crippen LogP) is 3.36. The molecule has 2 nitrogen and oxygen atoms in total. The highest BCUT2D eigenvalue weighted by Gasteiger charge is 2.59. The fourth-order valence-corrected chi connectivity index (χ4v) is 4.21. The van der Waals surface area contributed by atoms with Gasteiger partial charge >= 0.3 is 0 Å². The van der Waals surface area contributed by atoms with Crippen LogP contribution in [0.4, 0.5) is 5.69 Å². The Morgan fingerprint density at radius 2 is 1.83 bits per heavy atom. The lowest BCUT2D eigenvalue weighted by molar-refractivity contribution is -0.125. The quantitative estimate of drug-likeness (QED) is 0.740. The fraction of sp³-hybridized carbons (Fsp3) is 0.562. The smallest absolute Gasteiger partial charge is 0.238 e. The number of benzene rings is 1. The molecule has 0 aromatic heterocycles. The Balaban J connectivity index is 2.25. The van der Waals surface area contributed by atoms with E-state index in [1.807, 2.05) is 11.0 Å². The number of anilines is 1. The fourth-order valence-electron chi connectivity index (χ4n) is 4.21. The van der Waals surface area contributed by atoms with Gasteiger partial charge in [0.15, 0.2) is 0 Å². The molecule has 1 aliphatic carbocycles. The van der Waals surface area contributed by atoms with Gasteiger partial charge in [-0.1, -0.05) is 32.0 Å². The molecule has 3 rings (SSSR count). The lowest BCUT2D eigenvalue weighted by atomic mass is 9.69. The summed E-state index contributed by atoms with van der Waals surface area (Å²) in [4.78, 5) is 14.9. The molecule has 2 unspecified atom stereocenters. The van der Waals surface area contributed by atoms with Crippen molar-refractivity contribution >= 4 is 11.6 Å². The van der Waals surface area contributed by atoms with E-state index in [0.29, 0.717) is 17.7 Å². The van der Waals surface area contributed by atoms with E-state index in [9.17, 15) is 4.79 Å². The molecule has 1 spiro atoms. The largest absolute Gasteiger partial charge is 0.312 e. The third-order valence-electron chi connectivity index (χ3n) is 5.14. The average molecular weight is 243 g/mol. The molecule has 0 radical (unpaired) electrons. The van der Waals surface area contributed by atoms with Crippen LogP contribution in [0.3, 0.4) is 0 Å². The molecule has 2 aliphatic rings. The molecule has 1 saturated carbocycles. The molecule has 96 valence electrons. The number of hydrogen-bond acceptors (Lipinski definition) is 1. The Hall–Kier alpha value is -1.31. The third-order valence-corrected chi connectivity index (χ3v) is 5.14. The van der Waals surface area contributed by atoms with E-state index in [1.165, 1.54) is 18.4 Å². The molecule has 1 aromatic rings. The summed E-state index contributed by atoms with van der Waals surface area (Å²) in [7, 11) is 0. The number of nitrogens with zero attached hydrogens (tertiary/aromatic N) is 1. The van der Waals surface area contributed by atoms with Crippen LogP contribution in [0.25, 0.3) is 0 Å². The SMILES string of the molecule is CCN1C(=O)C2(c3ccccc31)C(C)CCC2C. The second-order valence-corrected chi connectivity index (χ2v) is 5.82. The van der Waals surface area contributed by atoms with Gasteiger partial charge in [-0.05, 0) is 43.2 Å². The molecule has 1 aromatic carbocycles. The van der Waals surface area contributed by atoms with Crippen LogP contribution in [0.1, 0.15) is 39.2 Å². The number of para-hydroxylation sites is 1. The molecule has 1 heterocycles. The predicted molar refractivity (Wildman–Crippen MR) is 73.7 cm³/mol. The summed E-state index contributed by atoms with van der Waals surface area (Å²) >= 11 is 0. The lowest BCUT2D eigenvalue weighted by Crippen LogP contribution is -2.45. The highest BCUT2D eigenvalue weighted by molar-refractivity contribution is 6.08. The summed E-state index contributed by atoms with van der Waals surface area (Å²) in [6.45, 7) is 7.34. The van der Waals surface area contributed by atoms with Crippen molar-refractivity contribution in [2.24, 2.45) is 11.8 Å². The lowest BCUT2D eigenvalue weighted by Gasteiger charge is -2.32. The molecule has 1 amide bonds. The van der Waals surface area contributed by atoms with Crippen LogP contribution < -0.4 is 4.90 Å². The molecule has 2 atom stereocenters. The molecule has 18 heavy (non-hydrogen) atoms. The van der Waals surface area contributed by atoms with Gasteiger partial charge in [0.2, 0.25) is 5.91 Å². The number of carbonyl (C=O) groups excluding carboxylic acids is 1. The van der Waals surface area contributed by atoms with Crippen molar-refractivity contribution in [1.29, 1.82) is 0 Å². The van der Waals surface area contributed by atoms with Gasteiger partial charge < -0.3 is 4.90 Å². The van der Waals surface area contributed by atoms with Gasteiger partial charge in [0.1, 0.15) is 0 Å². The Morgan fingerprint density at radius 3 is 2.44 bits per heavy atom. The zero-order valence-corrected chi connectivity index (χ0v) is 11.4. The minimum absolute atomic E-state index is 0.243. The van der Waals surface area contributed by atoms with E-state index in [0.717, 1.165) is 12.2 Å². The minimum atomic E-state index is -0.243. The summed E-state index contributed by atoms with van der Waals surface area (Å²) in [6.07, 6.45) is 2.33. The standard InChI is InChI=1S/C16H21NO/c1-4-17-14-8-6-5-7-13(14)16(15(17)18)11(2)9-10-12(16)3/h5-8,11-12H,4,9-10H2,1-3H3. The minimum Gasteiger partial charge on any atom is -0.312 e. The first-order valence-corrected chi connectivity index (χ1v) is 7.05. The molecule has 2 heteroatoms. The van der Waals surface area contributed by atoms with E-state index in [1.54, 1.807) is 0 Å². The Labute approximate surface area is 109 Å². The van der Waals surface area contributed by atoms with Crippen LogP contribution in [-0.4, -0.2) is 12.5 Å². The highest BCUT2D eigenvalue weighted by Crippen LogP contribution is 2.56. The summed E-state index contributed by atoms with van der Waals surface area (Å²) < 4.78 is 0. The Morgan fingerprint density at radius 1 is 1.22 bits per heavy atom. The van der Waals surface area contributed by atoms with E-state index in [4.69, 9.17) is 0 Å². The monoisotopic (exact) mass is 243 g/mol. The average Bonchev–Trinajstić information content (AvgIpc) is 2.81. The third kappa shape index (κ3) is 1.16. The van der Waals surface area contributed by atoms with Gasteiger partial charge in [0, 0.05) is 12.2 Å². The van der Waals surface area contributed by atoms with Crippen LogP contribution in [0.15, 0.2) is 24.3 Å². The maximum absolute atomic E-state index is 13.0. The number of likely N-dealkylation sites (N-methyl/N-ethyl adjacent to an activating group) is 1. The van der Waals surface area contributed by atoms with E-state index < -0.39 is 0 Å². The summed E-state index contributed by atoms with van der Waals surface area (Å²) in [5.41, 5.74) is 2.17. The Bertz CT molecular complexity index is 484. The zero-order chi connectivity index (χ0) is 12.9. The first kappa shape index (κ1) is 11.8. The van der Waals surface area contributed by atoms with Crippen molar-refractivity contribution < 1.29 is 4.79 Å². The maximum Gasteiger partial charge on any atom is 0.238 e. The van der Waals surface area contributed by atoms with Crippen molar-refractivity contribution in [3.8, 4) is 0 Å². The normalized spacial score (nSPS) is 34.4. The molecule has 0 N–H and O–H groups in total. The first-order chi connectivity index (χ1) is 8.64. The topological polar surface area (TPSA) is 20.3 Å². The second kappa shape index (κ2) is 3.84. The summed E-state index contributed by atoms with van der Waals surface area (Å²) in [5.74, 6) is 1.25. The van der Waals surface area contributed by atoms with E-state index in [2.05, 4.69) is 39.0 Å². The van der Waals surface area contributed by atoms with Crippen molar-refractivity contribution in [1.82, 2.24) is 0 Å². The maximum atomic E-state index is 13.0. The second-order valence-electron chi connectivity index (χ2n) is 5.82. The number of carbonyl (C=O) groups is 1. The number of hydrogen-bond donors (Lipinski definition) is 0. The number of amides is 1. The molecule has 1 fully saturated rings.